The van der Waals surface area contributed by atoms with Crippen molar-refractivity contribution in [2.24, 2.45) is 0 Å². The first kappa shape index (κ1) is 20.3. The quantitative estimate of drug-likeness (QED) is 0.526. The molecule has 0 spiro atoms. The van der Waals surface area contributed by atoms with Crippen molar-refractivity contribution in [2.45, 2.75) is 51.2 Å². The van der Waals surface area contributed by atoms with E-state index in [4.69, 9.17) is 14.9 Å². The van der Waals surface area contributed by atoms with Crippen LogP contribution in [0.3, 0.4) is 0 Å². The standard InChI is InChI=1S/C8H12O3.C8H14O3/c1-6(8(9)10)5-7-3-2-4-11-7;1-3-5-7(9)6-11-8(10)4-2/h7H,1-5H2,(H,9,10);4,7,9H,2-3,5-6H2,1H3. The van der Waals surface area contributed by atoms with E-state index in [-0.39, 0.29) is 18.3 Å². The van der Waals surface area contributed by atoms with Gasteiger partial charge in [0.2, 0.25) is 0 Å². The van der Waals surface area contributed by atoms with Crippen molar-refractivity contribution >= 4 is 11.9 Å². The van der Waals surface area contributed by atoms with Crippen LogP contribution in [-0.4, -0.2) is 47.6 Å². The van der Waals surface area contributed by atoms with Gasteiger partial charge in [0, 0.05) is 24.7 Å². The number of esters is 1. The van der Waals surface area contributed by atoms with Gasteiger partial charge in [-0.1, -0.05) is 26.5 Å². The van der Waals surface area contributed by atoms with E-state index in [2.05, 4.69) is 17.9 Å². The van der Waals surface area contributed by atoms with E-state index in [1.54, 1.807) is 0 Å². The van der Waals surface area contributed by atoms with E-state index >= 15 is 0 Å². The average Bonchev–Trinajstić information content (AvgIpc) is 2.98. The number of carbonyl (C=O) groups excluding carboxylic acids is 1. The molecule has 1 aliphatic rings. The molecule has 0 aromatic heterocycles. The molecule has 0 bridgehead atoms. The van der Waals surface area contributed by atoms with Crippen LogP contribution in [-0.2, 0) is 19.1 Å². The van der Waals surface area contributed by atoms with E-state index < -0.39 is 18.0 Å². The molecule has 0 radical (unpaired) electrons. The lowest BCUT2D eigenvalue weighted by Gasteiger charge is -2.07. The van der Waals surface area contributed by atoms with Crippen LogP contribution in [0.1, 0.15) is 39.0 Å². The molecule has 2 N–H and O–H groups in total. The molecule has 1 aliphatic heterocycles. The average molecular weight is 314 g/mol. The van der Waals surface area contributed by atoms with E-state index in [1.807, 2.05) is 6.92 Å². The molecule has 0 aromatic carbocycles. The Morgan fingerprint density at radius 1 is 1.50 bits per heavy atom. The van der Waals surface area contributed by atoms with E-state index in [0.29, 0.717) is 12.8 Å². The smallest absolute Gasteiger partial charge is 0.331 e. The Morgan fingerprint density at radius 2 is 2.18 bits per heavy atom. The van der Waals surface area contributed by atoms with Crippen LogP contribution in [0.2, 0.25) is 0 Å². The molecule has 6 heteroatoms. The highest BCUT2D eigenvalue weighted by atomic mass is 16.5. The van der Waals surface area contributed by atoms with Crippen LogP contribution in [0.5, 0.6) is 0 Å². The van der Waals surface area contributed by atoms with Crippen molar-refractivity contribution in [3.05, 3.63) is 24.8 Å². The molecule has 0 amide bonds. The molecular formula is C16H26O6. The molecule has 2 unspecified atom stereocenters. The summed E-state index contributed by atoms with van der Waals surface area (Å²) in [6.45, 7) is 9.45. The largest absolute Gasteiger partial charge is 0.478 e. The van der Waals surface area contributed by atoms with Crippen LogP contribution in [0.15, 0.2) is 24.8 Å². The number of carboxylic acids is 1. The van der Waals surface area contributed by atoms with Gasteiger partial charge in [0.15, 0.2) is 0 Å². The number of carboxylic acid groups (broad SMARTS) is 1. The van der Waals surface area contributed by atoms with Crippen LogP contribution >= 0.6 is 0 Å². The highest BCUT2D eigenvalue weighted by Crippen LogP contribution is 2.18. The van der Waals surface area contributed by atoms with Gasteiger partial charge in [-0.15, -0.1) is 0 Å². The maximum absolute atomic E-state index is 10.5. The van der Waals surface area contributed by atoms with Crippen LogP contribution in [0.4, 0.5) is 0 Å². The first-order chi connectivity index (χ1) is 10.4. The number of aliphatic hydroxyl groups is 1. The molecule has 0 aromatic rings. The van der Waals surface area contributed by atoms with Gasteiger partial charge in [-0.2, -0.15) is 0 Å². The number of hydrogen-bond donors (Lipinski definition) is 2. The fraction of sp³-hybridized carbons (Fsp3) is 0.625. The van der Waals surface area contributed by atoms with Crippen molar-refractivity contribution in [3.63, 3.8) is 0 Å². The summed E-state index contributed by atoms with van der Waals surface area (Å²) in [7, 11) is 0. The first-order valence-electron chi connectivity index (χ1n) is 7.40. The Hall–Kier alpha value is -1.66. The zero-order chi connectivity index (χ0) is 17.0. The summed E-state index contributed by atoms with van der Waals surface area (Å²) in [4.78, 5) is 20.8. The van der Waals surface area contributed by atoms with Crippen LogP contribution < -0.4 is 0 Å². The molecule has 1 saturated heterocycles. The Labute approximate surface area is 131 Å². The van der Waals surface area contributed by atoms with Gasteiger partial charge in [0.25, 0.3) is 0 Å². The summed E-state index contributed by atoms with van der Waals surface area (Å²) in [5.41, 5.74) is 0.247. The van der Waals surface area contributed by atoms with Gasteiger partial charge >= 0.3 is 11.9 Å². The lowest BCUT2D eigenvalue weighted by Crippen LogP contribution is -2.16. The lowest BCUT2D eigenvalue weighted by molar-refractivity contribution is -0.140. The zero-order valence-corrected chi connectivity index (χ0v) is 13.1. The number of carbonyl (C=O) groups is 2. The van der Waals surface area contributed by atoms with Crippen molar-refractivity contribution < 1.29 is 29.3 Å². The molecular weight excluding hydrogens is 288 g/mol. The fourth-order valence-corrected chi connectivity index (χ4v) is 1.82. The summed E-state index contributed by atoms with van der Waals surface area (Å²) in [6.07, 6.45) is 4.65. The van der Waals surface area contributed by atoms with E-state index in [9.17, 15) is 9.59 Å². The Balaban J connectivity index is 0.000000401. The third kappa shape index (κ3) is 10.1. The number of rotatable bonds is 8. The molecule has 6 nitrogen and oxygen atoms in total. The van der Waals surface area contributed by atoms with Gasteiger partial charge in [-0.3, -0.25) is 0 Å². The SMILES string of the molecule is C=C(CC1CCCO1)C(=O)O.C=CC(=O)OCC(O)CCC. The molecule has 1 heterocycles. The van der Waals surface area contributed by atoms with Gasteiger partial charge in [-0.25, -0.2) is 9.59 Å². The first-order valence-corrected chi connectivity index (χ1v) is 7.40. The third-order valence-electron chi connectivity index (χ3n) is 3.01. The number of ether oxygens (including phenoxy) is 2. The minimum absolute atomic E-state index is 0.0681. The molecule has 126 valence electrons. The van der Waals surface area contributed by atoms with Crippen molar-refractivity contribution in [1.82, 2.24) is 0 Å². The maximum Gasteiger partial charge on any atom is 0.331 e. The molecule has 22 heavy (non-hydrogen) atoms. The monoisotopic (exact) mass is 314 g/mol. The Kier molecular flexibility index (Phi) is 11.0. The Bertz CT molecular complexity index is 371. The highest BCUT2D eigenvalue weighted by molar-refractivity contribution is 5.85. The predicted molar refractivity (Wildman–Crippen MR) is 82.4 cm³/mol. The zero-order valence-electron chi connectivity index (χ0n) is 13.1. The fourth-order valence-electron chi connectivity index (χ4n) is 1.82. The highest BCUT2D eigenvalue weighted by Gasteiger charge is 2.18. The molecule has 0 aliphatic carbocycles. The van der Waals surface area contributed by atoms with E-state index in [0.717, 1.165) is 31.9 Å². The molecule has 0 saturated carbocycles. The summed E-state index contributed by atoms with van der Waals surface area (Å²) in [5, 5.41) is 17.6. The topological polar surface area (TPSA) is 93.1 Å². The second kappa shape index (κ2) is 11.9. The summed E-state index contributed by atoms with van der Waals surface area (Å²) >= 11 is 0. The van der Waals surface area contributed by atoms with Gasteiger partial charge < -0.3 is 19.7 Å². The summed E-state index contributed by atoms with van der Waals surface area (Å²) in [5.74, 6) is -1.40. The summed E-state index contributed by atoms with van der Waals surface area (Å²) < 4.78 is 9.85. The minimum Gasteiger partial charge on any atom is -0.478 e. The normalized spacial score (nSPS) is 17.8. The number of aliphatic hydroxyl groups excluding tert-OH is 1. The second-order valence-electron chi connectivity index (χ2n) is 5.02. The molecule has 1 rings (SSSR count). The van der Waals surface area contributed by atoms with Crippen molar-refractivity contribution in [3.8, 4) is 0 Å². The molecule has 1 fully saturated rings. The Morgan fingerprint density at radius 3 is 2.64 bits per heavy atom. The second-order valence-corrected chi connectivity index (χ2v) is 5.02. The minimum atomic E-state index is -0.916. The van der Waals surface area contributed by atoms with Gasteiger partial charge in [0.1, 0.15) is 6.61 Å². The predicted octanol–water partition coefficient (Wildman–Crippen LogP) is 2.07. The lowest BCUT2D eigenvalue weighted by atomic mass is 10.1. The van der Waals surface area contributed by atoms with Crippen LogP contribution in [0.25, 0.3) is 0 Å². The number of hydrogen-bond acceptors (Lipinski definition) is 5. The van der Waals surface area contributed by atoms with Crippen LogP contribution in [0, 0.1) is 0 Å². The number of aliphatic carboxylic acids is 1. The van der Waals surface area contributed by atoms with E-state index in [1.165, 1.54) is 0 Å². The van der Waals surface area contributed by atoms with Crippen molar-refractivity contribution in [1.29, 1.82) is 0 Å². The summed E-state index contributed by atoms with van der Waals surface area (Å²) in [6, 6.07) is 0. The third-order valence-corrected chi connectivity index (χ3v) is 3.01. The maximum atomic E-state index is 10.5. The van der Waals surface area contributed by atoms with Crippen molar-refractivity contribution in [2.75, 3.05) is 13.2 Å². The van der Waals surface area contributed by atoms with Gasteiger partial charge in [-0.05, 0) is 19.3 Å². The molecule has 2 atom stereocenters. The van der Waals surface area contributed by atoms with Gasteiger partial charge in [0.05, 0.1) is 12.2 Å².